The van der Waals surface area contributed by atoms with Gasteiger partial charge in [-0.05, 0) is 50.2 Å². The zero-order valence-corrected chi connectivity index (χ0v) is 14.2. The SMILES string of the molecule is COCC[C@@H]1CN(C(=O)CC2=CCCCC2)Cc2cccn2C1. The molecule has 4 heteroatoms. The zero-order chi connectivity index (χ0) is 16.1. The minimum Gasteiger partial charge on any atom is -0.385 e. The molecule has 0 fully saturated rings. The van der Waals surface area contributed by atoms with Gasteiger partial charge in [0.1, 0.15) is 0 Å². The summed E-state index contributed by atoms with van der Waals surface area (Å²) in [7, 11) is 1.75. The van der Waals surface area contributed by atoms with E-state index < -0.39 is 0 Å². The van der Waals surface area contributed by atoms with E-state index in [1.165, 1.54) is 24.1 Å². The van der Waals surface area contributed by atoms with E-state index in [1.54, 1.807) is 7.11 Å². The topological polar surface area (TPSA) is 34.5 Å². The maximum absolute atomic E-state index is 12.8. The Labute approximate surface area is 139 Å². The first kappa shape index (κ1) is 16.3. The van der Waals surface area contributed by atoms with Gasteiger partial charge in [0.2, 0.25) is 5.91 Å². The quantitative estimate of drug-likeness (QED) is 0.781. The maximum Gasteiger partial charge on any atom is 0.227 e. The second-order valence-corrected chi connectivity index (χ2v) is 6.86. The fraction of sp³-hybridized carbons (Fsp3) is 0.632. The van der Waals surface area contributed by atoms with Gasteiger partial charge in [0.15, 0.2) is 0 Å². The van der Waals surface area contributed by atoms with Crippen LogP contribution < -0.4 is 0 Å². The van der Waals surface area contributed by atoms with Crippen LogP contribution in [-0.4, -0.2) is 35.6 Å². The van der Waals surface area contributed by atoms with Crippen molar-refractivity contribution >= 4 is 5.91 Å². The van der Waals surface area contributed by atoms with E-state index >= 15 is 0 Å². The first-order valence-electron chi connectivity index (χ1n) is 8.85. The Balaban J connectivity index is 1.69. The van der Waals surface area contributed by atoms with Crippen molar-refractivity contribution in [2.45, 2.75) is 51.6 Å². The summed E-state index contributed by atoms with van der Waals surface area (Å²) >= 11 is 0. The smallest absolute Gasteiger partial charge is 0.227 e. The van der Waals surface area contributed by atoms with Crippen molar-refractivity contribution in [1.29, 1.82) is 0 Å². The number of rotatable bonds is 5. The largest absolute Gasteiger partial charge is 0.385 e. The molecule has 126 valence electrons. The Morgan fingerprint density at radius 3 is 3.04 bits per heavy atom. The van der Waals surface area contributed by atoms with Gasteiger partial charge >= 0.3 is 0 Å². The van der Waals surface area contributed by atoms with Crippen LogP contribution in [0.5, 0.6) is 0 Å². The molecule has 1 aromatic heterocycles. The van der Waals surface area contributed by atoms with Crippen LogP contribution in [0.2, 0.25) is 0 Å². The van der Waals surface area contributed by atoms with Crippen LogP contribution in [0.15, 0.2) is 30.0 Å². The van der Waals surface area contributed by atoms with Crippen LogP contribution >= 0.6 is 0 Å². The summed E-state index contributed by atoms with van der Waals surface area (Å²) in [5, 5.41) is 0. The lowest BCUT2D eigenvalue weighted by atomic mass is 9.96. The van der Waals surface area contributed by atoms with Gasteiger partial charge in [-0.3, -0.25) is 4.79 Å². The van der Waals surface area contributed by atoms with Crippen LogP contribution in [0.1, 0.15) is 44.2 Å². The lowest BCUT2D eigenvalue weighted by Gasteiger charge is -2.25. The second kappa shape index (κ2) is 7.82. The lowest BCUT2D eigenvalue weighted by Crippen LogP contribution is -2.34. The van der Waals surface area contributed by atoms with Crippen LogP contribution in [0.3, 0.4) is 0 Å². The van der Waals surface area contributed by atoms with Crippen molar-refractivity contribution in [2.75, 3.05) is 20.3 Å². The number of hydrogen-bond acceptors (Lipinski definition) is 2. The fourth-order valence-corrected chi connectivity index (χ4v) is 3.71. The molecule has 1 atom stereocenters. The van der Waals surface area contributed by atoms with Crippen molar-refractivity contribution in [1.82, 2.24) is 9.47 Å². The predicted molar refractivity (Wildman–Crippen MR) is 91.0 cm³/mol. The number of amides is 1. The van der Waals surface area contributed by atoms with E-state index in [0.717, 1.165) is 45.5 Å². The Bertz CT molecular complexity index is 561. The molecule has 1 aliphatic heterocycles. The third-order valence-electron chi connectivity index (χ3n) is 5.06. The molecule has 1 aromatic rings. The normalized spacial score (nSPS) is 21.5. The summed E-state index contributed by atoms with van der Waals surface area (Å²) in [5.41, 5.74) is 2.59. The molecule has 0 radical (unpaired) electrons. The number of nitrogens with zero attached hydrogens (tertiary/aromatic N) is 2. The number of allylic oxidation sites excluding steroid dienone is 1. The number of fused-ring (bicyclic) bond motifs is 1. The Morgan fingerprint density at radius 1 is 1.35 bits per heavy atom. The van der Waals surface area contributed by atoms with Gasteiger partial charge in [-0.2, -0.15) is 0 Å². The van der Waals surface area contributed by atoms with Crippen molar-refractivity contribution in [3.8, 4) is 0 Å². The van der Waals surface area contributed by atoms with Gasteiger partial charge in [-0.1, -0.05) is 11.6 Å². The molecule has 1 amide bonds. The molecule has 1 aliphatic carbocycles. The van der Waals surface area contributed by atoms with Gasteiger partial charge in [0.25, 0.3) is 0 Å². The second-order valence-electron chi connectivity index (χ2n) is 6.86. The van der Waals surface area contributed by atoms with E-state index in [-0.39, 0.29) is 5.91 Å². The average molecular weight is 316 g/mol. The summed E-state index contributed by atoms with van der Waals surface area (Å²) in [6.07, 6.45) is 10.8. The number of aromatic nitrogens is 1. The molecule has 0 bridgehead atoms. The highest BCUT2D eigenvalue weighted by Crippen LogP contribution is 2.24. The standard InChI is InChI=1S/C19H28N2O2/c1-23-11-9-17-13-20-10-5-8-18(20)15-21(14-17)19(22)12-16-6-3-2-4-7-16/h5-6,8,10,17H,2-4,7,9,11-15H2,1H3/t17-/m0/s1. The molecular formula is C19H28N2O2. The molecule has 2 heterocycles. The minimum absolute atomic E-state index is 0.287. The summed E-state index contributed by atoms with van der Waals surface area (Å²) in [6.45, 7) is 3.33. The molecule has 3 rings (SSSR count). The molecule has 23 heavy (non-hydrogen) atoms. The zero-order valence-electron chi connectivity index (χ0n) is 14.2. The molecule has 4 nitrogen and oxygen atoms in total. The first-order valence-corrected chi connectivity index (χ1v) is 8.85. The first-order chi connectivity index (χ1) is 11.3. The molecule has 0 unspecified atom stereocenters. The molecule has 0 aromatic carbocycles. The number of ether oxygens (including phenoxy) is 1. The summed E-state index contributed by atoms with van der Waals surface area (Å²) < 4.78 is 7.55. The van der Waals surface area contributed by atoms with Crippen molar-refractivity contribution in [3.63, 3.8) is 0 Å². The summed E-state index contributed by atoms with van der Waals surface area (Å²) in [4.78, 5) is 14.9. The number of carbonyl (C=O) groups is 1. The van der Waals surface area contributed by atoms with E-state index in [9.17, 15) is 4.79 Å². The van der Waals surface area contributed by atoms with Gasteiger partial charge in [0.05, 0.1) is 6.54 Å². The Morgan fingerprint density at radius 2 is 2.26 bits per heavy atom. The van der Waals surface area contributed by atoms with Gasteiger partial charge in [-0.25, -0.2) is 0 Å². The maximum atomic E-state index is 12.8. The fourth-order valence-electron chi connectivity index (χ4n) is 3.71. The van der Waals surface area contributed by atoms with Crippen LogP contribution in [0, 0.1) is 5.92 Å². The predicted octanol–water partition coefficient (Wildman–Crippen LogP) is 3.37. The van der Waals surface area contributed by atoms with Gasteiger partial charge < -0.3 is 14.2 Å². The summed E-state index contributed by atoms with van der Waals surface area (Å²) in [6, 6.07) is 4.22. The van der Waals surface area contributed by atoms with Crippen molar-refractivity contribution < 1.29 is 9.53 Å². The van der Waals surface area contributed by atoms with E-state index in [2.05, 4.69) is 33.9 Å². The average Bonchev–Trinajstić information content (AvgIpc) is 2.92. The van der Waals surface area contributed by atoms with Crippen molar-refractivity contribution in [3.05, 3.63) is 35.7 Å². The molecular weight excluding hydrogens is 288 g/mol. The number of hydrogen-bond donors (Lipinski definition) is 0. The molecule has 0 N–H and O–H groups in total. The highest BCUT2D eigenvalue weighted by atomic mass is 16.5. The molecule has 2 aliphatic rings. The van der Waals surface area contributed by atoms with Crippen LogP contribution in [0.25, 0.3) is 0 Å². The van der Waals surface area contributed by atoms with Gasteiger partial charge in [-0.15, -0.1) is 0 Å². The minimum atomic E-state index is 0.287. The van der Waals surface area contributed by atoms with Gasteiger partial charge in [0, 0.05) is 45.1 Å². The third kappa shape index (κ3) is 4.25. The third-order valence-corrected chi connectivity index (χ3v) is 5.06. The van der Waals surface area contributed by atoms with Crippen LogP contribution in [0.4, 0.5) is 0 Å². The molecule has 0 saturated carbocycles. The number of carbonyl (C=O) groups excluding carboxylic acids is 1. The Kier molecular flexibility index (Phi) is 5.55. The Hall–Kier alpha value is -1.55. The molecule has 0 saturated heterocycles. The van der Waals surface area contributed by atoms with E-state index in [0.29, 0.717) is 12.3 Å². The number of methoxy groups -OCH3 is 1. The highest BCUT2D eigenvalue weighted by Gasteiger charge is 2.25. The highest BCUT2D eigenvalue weighted by molar-refractivity contribution is 5.78. The van der Waals surface area contributed by atoms with E-state index in [1.807, 2.05) is 0 Å². The lowest BCUT2D eigenvalue weighted by molar-refractivity contribution is -0.131. The molecule has 0 spiro atoms. The van der Waals surface area contributed by atoms with Crippen LogP contribution in [-0.2, 0) is 22.6 Å². The monoisotopic (exact) mass is 316 g/mol. The van der Waals surface area contributed by atoms with Crippen molar-refractivity contribution in [2.24, 2.45) is 5.92 Å². The summed E-state index contributed by atoms with van der Waals surface area (Å²) in [5.74, 6) is 0.753. The van der Waals surface area contributed by atoms with E-state index in [4.69, 9.17) is 4.74 Å².